The SMILES string of the molecule is CCn1c(C)cs/c1=N\N=O. The fourth-order valence-corrected chi connectivity index (χ4v) is 1.80. The molecule has 1 aromatic heterocycles. The molecular weight excluding hydrogens is 162 g/mol. The minimum atomic E-state index is 0.667. The zero-order valence-corrected chi connectivity index (χ0v) is 7.26. The van der Waals surface area contributed by atoms with Gasteiger partial charge < -0.3 is 4.57 Å². The lowest BCUT2D eigenvalue weighted by Crippen LogP contribution is -2.13. The highest BCUT2D eigenvalue weighted by Gasteiger charge is 1.96. The summed E-state index contributed by atoms with van der Waals surface area (Å²) in [4.78, 5) is 10.5. The highest BCUT2D eigenvalue weighted by atomic mass is 32.1. The lowest BCUT2D eigenvalue weighted by molar-refractivity contribution is 0.704. The number of thiazole rings is 1. The maximum atomic E-state index is 9.83. The van der Waals surface area contributed by atoms with E-state index in [4.69, 9.17) is 0 Å². The molecule has 0 aromatic carbocycles. The highest BCUT2D eigenvalue weighted by Crippen LogP contribution is 1.98. The van der Waals surface area contributed by atoms with Crippen molar-refractivity contribution in [2.45, 2.75) is 20.4 Å². The zero-order valence-electron chi connectivity index (χ0n) is 6.44. The van der Waals surface area contributed by atoms with Crippen molar-refractivity contribution in [2.75, 3.05) is 0 Å². The molecule has 0 fully saturated rings. The van der Waals surface area contributed by atoms with Gasteiger partial charge in [0.05, 0.1) is 5.29 Å². The van der Waals surface area contributed by atoms with E-state index in [9.17, 15) is 4.91 Å². The first-order valence-electron chi connectivity index (χ1n) is 3.31. The number of hydrogen-bond acceptors (Lipinski definition) is 3. The second-order valence-corrected chi connectivity index (χ2v) is 2.92. The molecule has 0 radical (unpaired) electrons. The molecule has 1 heterocycles. The molecule has 60 valence electrons. The van der Waals surface area contributed by atoms with Crippen LogP contribution < -0.4 is 4.80 Å². The van der Waals surface area contributed by atoms with E-state index in [2.05, 4.69) is 10.4 Å². The standard InChI is InChI=1S/C6H9N3OS/c1-3-9-5(2)4-11-6(9)7-8-10/h4H,3H2,1-2H3/b7-6-. The predicted octanol–water partition coefficient (Wildman–Crippen LogP) is 1.46. The largest absolute Gasteiger partial charge is 0.320 e. The van der Waals surface area contributed by atoms with Crippen molar-refractivity contribution in [1.29, 1.82) is 0 Å². The Kier molecular flexibility index (Phi) is 2.53. The zero-order chi connectivity index (χ0) is 8.27. The molecule has 0 saturated heterocycles. The average Bonchev–Trinajstić information content (AvgIpc) is 2.33. The summed E-state index contributed by atoms with van der Waals surface area (Å²) in [6, 6.07) is 0. The van der Waals surface area contributed by atoms with Crippen LogP contribution in [0.3, 0.4) is 0 Å². The van der Waals surface area contributed by atoms with Crippen LogP contribution in [0.5, 0.6) is 0 Å². The molecule has 0 unspecified atom stereocenters. The van der Waals surface area contributed by atoms with E-state index in [1.165, 1.54) is 11.3 Å². The number of aryl methyl sites for hydroxylation is 1. The van der Waals surface area contributed by atoms with Gasteiger partial charge in [0.25, 0.3) is 0 Å². The lowest BCUT2D eigenvalue weighted by Gasteiger charge is -1.97. The second kappa shape index (κ2) is 3.43. The highest BCUT2D eigenvalue weighted by molar-refractivity contribution is 7.07. The molecule has 0 saturated carbocycles. The smallest absolute Gasteiger partial charge is 0.214 e. The molecule has 0 spiro atoms. The Morgan fingerprint density at radius 3 is 3.00 bits per heavy atom. The van der Waals surface area contributed by atoms with Crippen LogP contribution >= 0.6 is 11.3 Å². The van der Waals surface area contributed by atoms with Crippen LogP contribution in [0.2, 0.25) is 0 Å². The molecular formula is C6H9N3OS. The maximum absolute atomic E-state index is 9.83. The molecule has 0 aliphatic rings. The Hall–Kier alpha value is -0.970. The maximum Gasteiger partial charge on any atom is 0.214 e. The molecule has 5 heteroatoms. The van der Waals surface area contributed by atoms with Crippen LogP contribution in [0.4, 0.5) is 0 Å². The van der Waals surface area contributed by atoms with Crippen LogP contribution in [0.1, 0.15) is 12.6 Å². The Bertz CT molecular complexity index is 312. The molecule has 1 aromatic rings. The molecule has 4 nitrogen and oxygen atoms in total. The Morgan fingerprint density at radius 1 is 1.73 bits per heavy atom. The van der Waals surface area contributed by atoms with Crippen molar-refractivity contribution < 1.29 is 0 Å². The van der Waals surface area contributed by atoms with Crippen LogP contribution in [-0.4, -0.2) is 4.57 Å². The number of nitroso groups, excluding NO2 is 1. The summed E-state index contributed by atoms with van der Waals surface area (Å²) in [6.45, 7) is 4.80. The fourth-order valence-electron chi connectivity index (χ4n) is 0.913. The van der Waals surface area contributed by atoms with Crippen LogP contribution in [0, 0.1) is 11.8 Å². The lowest BCUT2D eigenvalue weighted by atomic mass is 10.5. The van der Waals surface area contributed by atoms with Gasteiger partial charge in [0.1, 0.15) is 0 Å². The van der Waals surface area contributed by atoms with Gasteiger partial charge in [-0.1, -0.05) is 5.10 Å². The van der Waals surface area contributed by atoms with Gasteiger partial charge in [-0.25, -0.2) is 0 Å². The van der Waals surface area contributed by atoms with Crippen molar-refractivity contribution in [3.05, 3.63) is 20.8 Å². The summed E-state index contributed by atoms with van der Waals surface area (Å²) in [5.74, 6) is 0. The number of hydrogen-bond donors (Lipinski definition) is 0. The monoisotopic (exact) mass is 171 g/mol. The van der Waals surface area contributed by atoms with E-state index in [0.29, 0.717) is 4.80 Å². The van der Waals surface area contributed by atoms with Crippen LogP contribution in [0.15, 0.2) is 15.8 Å². The first-order valence-corrected chi connectivity index (χ1v) is 4.18. The summed E-state index contributed by atoms with van der Waals surface area (Å²) in [7, 11) is 0. The van der Waals surface area contributed by atoms with Gasteiger partial charge in [-0.2, -0.15) is 0 Å². The van der Waals surface area contributed by atoms with E-state index in [1.807, 2.05) is 23.8 Å². The first kappa shape index (κ1) is 8.13. The molecule has 1 rings (SSSR count). The molecule has 11 heavy (non-hydrogen) atoms. The number of aromatic nitrogens is 1. The van der Waals surface area contributed by atoms with Gasteiger partial charge in [0.2, 0.25) is 4.80 Å². The minimum Gasteiger partial charge on any atom is -0.320 e. The quantitative estimate of drug-likeness (QED) is 0.491. The topological polar surface area (TPSA) is 46.7 Å². The van der Waals surface area contributed by atoms with E-state index in [0.717, 1.165) is 12.2 Å². The Morgan fingerprint density at radius 2 is 2.45 bits per heavy atom. The van der Waals surface area contributed by atoms with Gasteiger partial charge >= 0.3 is 0 Å². The summed E-state index contributed by atoms with van der Waals surface area (Å²) >= 11 is 1.43. The third kappa shape index (κ3) is 1.54. The molecule has 0 aliphatic heterocycles. The van der Waals surface area contributed by atoms with Gasteiger partial charge in [-0.05, 0) is 13.8 Å². The van der Waals surface area contributed by atoms with Gasteiger partial charge in [-0.3, -0.25) is 0 Å². The Labute approximate surface area is 68.2 Å². The minimum absolute atomic E-state index is 0.667. The van der Waals surface area contributed by atoms with Crippen molar-refractivity contribution in [3.63, 3.8) is 0 Å². The third-order valence-corrected chi connectivity index (χ3v) is 2.41. The summed E-state index contributed by atoms with van der Waals surface area (Å²) in [5, 5.41) is 7.89. The number of nitrogens with zero attached hydrogens (tertiary/aromatic N) is 3. The van der Waals surface area contributed by atoms with Gasteiger partial charge in [-0.15, -0.1) is 16.2 Å². The molecule has 0 amide bonds. The molecule has 0 atom stereocenters. The molecule has 0 aliphatic carbocycles. The van der Waals surface area contributed by atoms with Crippen LogP contribution in [0.25, 0.3) is 0 Å². The van der Waals surface area contributed by atoms with E-state index in [-0.39, 0.29) is 0 Å². The van der Waals surface area contributed by atoms with Crippen molar-refractivity contribution in [3.8, 4) is 0 Å². The summed E-state index contributed by atoms with van der Waals surface area (Å²) in [5.41, 5.74) is 1.11. The van der Waals surface area contributed by atoms with E-state index < -0.39 is 0 Å². The summed E-state index contributed by atoms with van der Waals surface area (Å²) < 4.78 is 1.94. The van der Waals surface area contributed by atoms with E-state index >= 15 is 0 Å². The van der Waals surface area contributed by atoms with E-state index in [1.54, 1.807) is 0 Å². The number of rotatable bonds is 2. The van der Waals surface area contributed by atoms with Gasteiger partial charge in [0, 0.05) is 17.6 Å². The second-order valence-electron chi connectivity index (χ2n) is 2.09. The van der Waals surface area contributed by atoms with Crippen molar-refractivity contribution >= 4 is 11.3 Å². The third-order valence-electron chi connectivity index (χ3n) is 1.43. The first-order chi connectivity index (χ1) is 5.29. The summed E-state index contributed by atoms with van der Waals surface area (Å²) in [6.07, 6.45) is 0. The molecule has 0 N–H and O–H groups in total. The van der Waals surface area contributed by atoms with Crippen molar-refractivity contribution in [2.24, 2.45) is 10.4 Å². The molecule has 0 bridgehead atoms. The normalized spacial score (nSPS) is 12.0. The van der Waals surface area contributed by atoms with Gasteiger partial charge in [0.15, 0.2) is 0 Å². The van der Waals surface area contributed by atoms with Crippen LogP contribution in [-0.2, 0) is 6.54 Å². The Balaban J connectivity index is 3.26. The van der Waals surface area contributed by atoms with Crippen molar-refractivity contribution in [1.82, 2.24) is 4.57 Å². The fraction of sp³-hybridized carbons (Fsp3) is 0.500. The predicted molar refractivity (Wildman–Crippen MR) is 44.1 cm³/mol. The average molecular weight is 171 g/mol.